The van der Waals surface area contributed by atoms with E-state index in [1.807, 2.05) is 0 Å². The maximum Gasteiger partial charge on any atom is 0.303 e. The van der Waals surface area contributed by atoms with Crippen molar-refractivity contribution in [1.29, 1.82) is 0 Å². The smallest absolute Gasteiger partial charge is 0.303 e. The van der Waals surface area contributed by atoms with Crippen LogP contribution < -0.4 is 0 Å². The molecule has 0 unspecified atom stereocenters. The molecule has 0 bridgehead atoms. The van der Waals surface area contributed by atoms with Gasteiger partial charge in [0.25, 0.3) is 5.97 Å². The Hall–Kier alpha value is -1.71. The molecule has 0 saturated heterocycles. The maximum absolute atomic E-state index is 10.6. The van der Waals surface area contributed by atoms with E-state index in [-0.39, 0.29) is 19.6 Å². The van der Waals surface area contributed by atoms with E-state index in [1.165, 1.54) is 27.7 Å². The summed E-state index contributed by atoms with van der Waals surface area (Å²) in [6, 6.07) is 0. The largest absolute Gasteiger partial charge is 0.462 e. The molecule has 0 aromatic heterocycles. The van der Waals surface area contributed by atoms with E-state index in [2.05, 4.69) is 9.47 Å². The lowest BCUT2D eigenvalue weighted by atomic mass is 10.4. The summed E-state index contributed by atoms with van der Waals surface area (Å²) >= 11 is 0. The van der Waals surface area contributed by atoms with Crippen LogP contribution in [-0.2, 0) is 28.6 Å². The first kappa shape index (κ1) is 21.6. The topological polar surface area (TPSA) is 140 Å². The van der Waals surface area contributed by atoms with Crippen molar-refractivity contribution >= 4 is 17.9 Å². The summed E-state index contributed by atoms with van der Waals surface area (Å²) in [7, 11) is 0. The summed E-state index contributed by atoms with van der Waals surface area (Å²) in [5, 5.41) is 23.8. The molecule has 21 heavy (non-hydrogen) atoms. The first-order valence-electron chi connectivity index (χ1n) is 6.09. The zero-order valence-corrected chi connectivity index (χ0v) is 12.5. The van der Waals surface area contributed by atoms with Gasteiger partial charge in [0.15, 0.2) is 6.10 Å². The highest BCUT2D eigenvalue weighted by Gasteiger charge is 2.15. The van der Waals surface area contributed by atoms with E-state index >= 15 is 0 Å². The van der Waals surface area contributed by atoms with Crippen molar-refractivity contribution in [2.45, 2.75) is 46.2 Å². The summed E-state index contributed by atoms with van der Waals surface area (Å²) in [5.74, 6) is -3.97. The summed E-state index contributed by atoms with van der Waals surface area (Å²) in [6.07, 6.45) is -0.817. The summed E-state index contributed by atoms with van der Waals surface area (Å²) in [6.45, 7) is 4.90. The Kier molecular flexibility index (Phi) is 11.3. The van der Waals surface area contributed by atoms with Crippen LogP contribution in [0.15, 0.2) is 0 Å². The Morgan fingerprint density at radius 1 is 0.905 bits per heavy atom. The number of hydrogen-bond donors (Lipinski definition) is 3. The molecule has 0 radical (unpaired) electrons. The van der Waals surface area contributed by atoms with Crippen LogP contribution in [0.25, 0.3) is 0 Å². The first-order chi connectivity index (χ1) is 9.47. The Morgan fingerprint density at radius 3 is 1.43 bits per heavy atom. The minimum atomic E-state index is -2.46. The highest BCUT2D eigenvalue weighted by Crippen LogP contribution is 1.97. The zero-order chi connectivity index (χ0) is 17.1. The Balaban J connectivity index is 0. The second-order valence-electron chi connectivity index (χ2n) is 3.96. The van der Waals surface area contributed by atoms with Gasteiger partial charge < -0.3 is 29.5 Å². The van der Waals surface area contributed by atoms with Gasteiger partial charge in [-0.1, -0.05) is 6.92 Å². The van der Waals surface area contributed by atoms with Crippen LogP contribution in [0.1, 0.15) is 34.1 Å². The number of carbonyl (C=O) groups excluding carboxylic acids is 3. The molecule has 0 atom stereocenters. The van der Waals surface area contributed by atoms with Crippen molar-refractivity contribution in [3.05, 3.63) is 0 Å². The number of rotatable bonds is 6. The van der Waals surface area contributed by atoms with Gasteiger partial charge in [-0.25, -0.2) is 0 Å². The summed E-state index contributed by atoms with van der Waals surface area (Å²) in [4.78, 5) is 31.6. The Labute approximate surface area is 122 Å². The highest BCUT2D eigenvalue weighted by molar-refractivity contribution is 5.67. The molecule has 0 aromatic rings. The third-order valence-electron chi connectivity index (χ3n) is 1.75. The molecule has 0 aromatic carbocycles. The molecule has 0 fully saturated rings. The minimum Gasteiger partial charge on any atom is -0.462 e. The van der Waals surface area contributed by atoms with Crippen LogP contribution in [0.3, 0.4) is 0 Å². The van der Waals surface area contributed by atoms with Gasteiger partial charge in [-0.2, -0.15) is 0 Å². The van der Waals surface area contributed by atoms with E-state index < -0.39 is 30.0 Å². The molecule has 0 aliphatic rings. The second-order valence-corrected chi connectivity index (χ2v) is 3.96. The standard InChI is InChI=1S/C9H14O6.C3H8O3/c1-6(10)13-4-9(15-8(3)12)5-14-7(2)11;1-2-3(4,5)6/h9H,4-5H2,1-3H3;4-6H,2H2,1H3. The normalized spacial score (nSPS) is 10.3. The quantitative estimate of drug-likeness (QED) is 0.322. The molecule has 0 saturated carbocycles. The molecule has 3 N–H and O–H groups in total. The van der Waals surface area contributed by atoms with Gasteiger partial charge in [-0.3, -0.25) is 14.4 Å². The molecule has 0 amide bonds. The van der Waals surface area contributed by atoms with Crippen LogP contribution in [0.4, 0.5) is 0 Å². The fourth-order valence-corrected chi connectivity index (χ4v) is 0.771. The van der Waals surface area contributed by atoms with E-state index in [9.17, 15) is 14.4 Å². The number of ether oxygens (including phenoxy) is 3. The Morgan fingerprint density at radius 2 is 1.24 bits per heavy atom. The minimum absolute atomic E-state index is 0.0625. The predicted molar refractivity (Wildman–Crippen MR) is 68.5 cm³/mol. The highest BCUT2D eigenvalue weighted by atomic mass is 16.7. The summed E-state index contributed by atoms with van der Waals surface area (Å²) < 4.78 is 14.0. The van der Waals surface area contributed by atoms with Crippen molar-refractivity contribution < 1.29 is 43.9 Å². The van der Waals surface area contributed by atoms with Crippen molar-refractivity contribution in [3.8, 4) is 0 Å². The lowest BCUT2D eigenvalue weighted by molar-refractivity contribution is -0.312. The van der Waals surface area contributed by atoms with E-state index in [0.29, 0.717) is 0 Å². The van der Waals surface area contributed by atoms with Gasteiger partial charge >= 0.3 is 17.9 Å². The van der Waals surface area contributed by atoms with Crippen LogP contribution in [0.2, 0.25) is 0 Å². The maximum atomic E-state index is 10.6. The lowest BCUT2D eigenvalue weighted by Gasteiger charge is -2.15. The molecule has 124 valence electrons. The monoisotopic (exact) mass is 310 g/mol. The Bertz CT molecular complexity index is 314. The molecule has 0 rings (SSSR count). The third-order valence-corrected chi connectivity index (χ3v) is 1.75. The number of esters is 3. The van der Waals surface area contributed by atoms with Crippen LogP contribution >= 0.6 is 0 Å². The fourth-order valence-electron chi connectivity index (χ4n) is 0.771. The average Bonchev–Trinajstić information content (AvgIpc) is 2.31. The zero-order valence-electron chi connectivity index (χ0n) is 12.5. The van der Waals surface area contributed by atoms with Gasteiger partial charge in [0.1, 0.15) is 13.2 Å². The van der Waals surface area contributed by atoms with Gasteiger partial charge in [0.05, 0.1) is 0 Å². The van der Waals surface area contributed by atoms with Gasteiger partial charge in [0.2, 0.25) is 0 Å². The van der Waals surface area contributed by atoms with Crippen molar-refractivity contribution in [2.75, 3.05) is 13.2 Å². The van der Waals surface area contributed by atoms with E-state index in [1.54, 1.807) is 0 Å². The summed E-state index contributed by atoms with van der Waals surface area (Å²) in [5.41, 5.74) is 0. The van der Waals surface area contributed by atoms with E-state index in [0.717, 1.165) is 0 Å². The second kappa shape index (κ2) is 11.0. The molecule has 9 nitrogen and oxygen atoms in total. The molecular formula is C12H22O9. The third kappa shape index (κ3) is 20.8. The average molecular weight is 310 g/mol. The van der Waals surface area contributed by atoms with Crippen molar-refractivity contribution in [3.63, 3.8) is 0 Å². The number of hydrogen-bond acceptors (Lipinski definition) is 9. The fraction of sp³-hybridized carbons (Fsp3) is 0.750. The molecule has 0 aliphatic heterocycles. The number of aliphatic hydroxyl groups is 3. The van der Waals surface area contributed by atoms with Gasteiger partial charge in [-0.05, 0) is 0 Å². The van der Waals surface area contributed by atoms with Crippen LogP contribution in [-0.4, -0.2) is 58.5 Å². The SMILES string of the molecule is CC(=O)OCC(COC(C)=O)OC(C)=O.CCC(O)(O)O. The molecular weight excluding hydrogens is 288 g/mol. The lowest BCUT2D eigenvalue weighted by Crippen LogP contribution is -2.29. The van der Waals surface area contributed by atoms with Gasteiger partial charge in [0, 0.05) is 27.2 Å². The van der Waals surface area contributed by atoms with Gasteiger partial charge in [-0.15, -0.1) is 0 Å². The van der Waals surface area contributed by atoms with E-state index in [4.69, 9.17) is 20.1 Å². The molecule has 0 aliphatic carbocycles. The molecule has 0 heterocycles. The number of carbonyl (C=O) groups is 3. The molecule has 0 spiro atoms. The van der Waals surface area contributed by atoms with Crippen LogP contribution in [0.5, 0.6) is 0 Å². The predicted octanol–water partition coefficient (Wildman–Crippen LogP) is -0.929. The van der Waals surface area contributed by atoms with Crippen molar-refractivity contribution in [1.82, 2.24) is 0 Å². The van der Waals surface area contributed by atoms with Crippen molar-refractivity contribution in [2.24, 2.45) is 0 Å². The van der Waals surface area contributed by atoms with Crippen LogP contribution in [0, 0.1) is 0 Å². The first-order valence-corrected chi connectivity index (χ1v) is 6.09. The molecule has 9 heteroatoms.